The Morgan fingerprint density at radius 1 is 0.550 bits per heavy atom. The lowest BCUT2D eigenvalue weighted by Crippen LogP contribution is -2.59. The molecule has 17 nitrogen and oxygen atoms in total. The van der Waals surface area contributed by atoms with Crippen LogP contribution in [0.4, 0.5) is 0 Å². The number of nitrogens with zero attached hydrogens (tertiary/aromatic N) is 5. The molecule has 2 heterocycles. The summed E-state index contributed by atoms with van der Waals surface area (Å²) in [7, 11) is 0. The van der Waals surface area contributed by atoms with Crippen LogP contribution in [-0.4, -0.2) is 178 Å². The molecule has 0 spiro atoms. The molecule has 5 N–H and O–H groups in total. The largest absolute Gasteiger partial charge is 0.480 e. The van der Waals surface area contributed by atoms with Crippen molar-refractivity contribution in [2.45, 2.75) is 127 Å². The summed E-state index contributed by atoms with van der Waals surface area (Å²) in [5, 5.41) is 37.6. The zero-order valence-corrected chi connectivity index (χ0v) is 35.5. The molecule has 2 aliphatic heterocycles. The number of aliphatic carboxylic acids is 3. The number of nitrogens with one attached hydrogen (secondary N) is 2. The van der Waals surface area contributed by atoms with E-state index >= 15 is 0 Å². The van der Waals surface area contributed by atoms with Crippen LogP contribution in [0.1, 0.15) is 103 Å². The van der Waals surface area contributed by atoms with E-state index in [1.165, 1.54) is 12.2 Å². The SMILES string of the molecule is CC(C(=O)NCC(=O)NCCN1C(=O)C=CC1=O)N1CCN(C(C(=O)O)C2CCCCC2)CCN(C(C(=O)O)C2CCCCC2)CCN(C(C(=O)O)C2CCCCC2)CC1. The van der Waals surface area contributed by atoms with Gasteiger partial charge in [0.1, 0.15) is 18.1 Å². The fourth-order valence-corrected chi connectivity index (χ4v) is 10.5. The minimum atomic E-state index is -0.913. The molecule has 5 rings (SSSR count). The summed E-state index contributed by atoms with van der Waals surface area (Å²) in [6.07, 6.45) is 16.0. The van der Waals surface area contributed by atoms with Gasteiger partial charge in [-0.1, -0.05) is 57.8 Å². The van der Waals surface area contributed by atoms with E-state index in [0.717, 1.165) is 101 Å². The Balaban J connectivity index is 1.38. The second-order valence-corrected chi connectivity index (χ2v) is 17.6. The number of hydrogen-bond donors (Lipinski definition) is 5. The molecule has 17 heteroatoms. The summed E-state index contributed by atoms with van der Waals surface area (Å²) in [6, 6.07) is -3.12. The number of carboxylic acid groups (broad SMARTS) is 3. The topological polar surface area (TPSA) is 220 Å². The molecule has 60 heavy (non-hydrogen) atoms. The van der Waals surface area contributed by atoms with E-state index < -0.39 is 65.7 Å². The molecule has 0 bridgehead atoms. The highest BCUT2D eigenvalue weighted by atomic mass is 16.4. The van der Waals surface area contributed by atoms with E-state index in [9.17, 15) is 48.9 Å². The van der Waals surface area contributed by atoms with Crippen molar-refractivity contribution in [1.82, 2.24) is 35.1 Å². The van der Waals surface area contributed by atoms with Crippen LogP contribution in [0.15, 0.2) is 12.2 Å². The molecule has 4 fully saturated rings. The summed E-state index contributed by atoms with van der Waals surface area (Å²) in [5.41, 5.74) is 0. The van der Waals surface area contributed by atoms with Crippen LogP contribution in [0, 0.1) is 17.8 Å². The zero-order valence-electron chi connectivity index (χ0n) is 35.5. The van der Waals surface area contributed by atoms with Gasteiger partial charge in [-0.15, -0.1) is 0 Å². The smallest absolute Gasteiger partial charge is 0.321 e. The second-order valence-electron chi connectivity index (χ2n) is 17.6. The Bertz CT molecular complexity index is 1460. The first-order chi connectivity index (χ1) is 28.8. The molecule has 3 saturated carbocycles. The summed E-state index contributed by atoms with van der Waals surface area (Å²) in [5.74, 6) is -4.77. The molecular formula is C43H69N7O10. The second kappa shape index (κ2) is 23.3. The number of hydrogen-bond acceptors (Lipinski definition) is 11. The first-order valence-electron chi connectivity index (χ1n) is 22.6. The number of carbonyl (C=O) groups excluding carboxylic acids is 4. The average molecular weight is 844 g/mol. The van der Waals surface area contributed by atoms with Crippen molar-refractivity contribution in [3.05, 3.63) is 12.2 Å². The Hall–Kier alpha value is -3.93. The fourth-order valence-electron chi connectivity index (χ4n) is 10.5. The van der Waals surface area contributed by atoms with Crippen molar-refractivity contribution in [2.24, 2.45) is 17.8 Å². The average Bonchev–Trinajstić information content (AvgIpc) is 3.55. The summed E-state index contributed by atoms with van der Waals surface area (Å²) < 4.78 is 0. The molecule has 0 aromatic heterocycles. The Morgan fingerprint density at radius 3 is 1.22 bits per heavy atom. The summed E-state index contributed by atoms with van der Waals surface area (Å²) >= 11 is 0. The van der Waals surface area contributed by atoms with Crippen LogP contribution in [0.2, 0.25) is 0 Å². The van der Waals surface area contributed by atoms with Crippen LogP contribution in [0.3, 0.4) is 0 Å². The quantitative estimate of drug-likeness (QED) is 0.140. The normalized spacial score (nSPS) is 24.2. The molecule has 0 aromatic rings. The summed E-state index contributed by atoms with van der Waals surface area (Å²) in [6.45, 7) is 3.74. The van der Waals surface area contributed by atoms with E-state index in [1.54, 1.807) is 6.92 Å². The first kappa shape index (κ1) is 47.1. The maximum atomic E-state index is 13.7. The molecule has 0 radical (unpaired) electrons. The lowest BCUT2D eigenvalue weighted by atomic mass is 9.82. The molecule has 4 amide bonds. The maximum Gasteiger partial charge on any atom is 0.321 e. The molecule has 5 aliphatic rings. The van der Waals surface area contributed by atoms with Crippen molar-refractivity contribution >= 4 is 41.5 Å². The number of carboxylic acids is 3. The third-order valence-electron chi connectivity index (χ3n) is 13.8. The Morgan fingerprint density at radius 2 is 0.883 bits per heavy atom. The molecule has 3 aliphatic carbocycles. The van der Waals surface area contributed by atoms with Gasteiger partial charge in [0.15, 0.2) is 0 Å². The van der Waals surface area contributed by atoms with Crippen LogP contribution in [0.25, 0.3) is 0 Å². The minimum absolute atomic E-state index is 0.00672. The molecule has 1 saturated heterocycles. The third-order valence-corrected chi connectivity index (χ3v) is 13.8. The minimum Gasteiger partial charge on any atom is -0.480 e. The van der Waals surface area contributed by atoms with E-state index in [2.05, 4.69) is 10.6 Å². The van der Waals surface area contributed by atoms with E-state index in [1.807, 2.05) is 19.6 Å². The van der Waals surface area contributed by atoms with Gasteiger partial charge in [0.2, 0.25) is 11.8 Å². The van der Waals surface area contributed by atoms with E-state index in [4.69, 9.17) is 0 Å². The predicted molar refractivity (Wildman–Crippen MR) is 222 cm³/mol. The van der Waals surface area contributed by atoms with Crippen molar-refractivity contribution < 1.29 is 48.9 Å². The van der Waals surface area contributed by atoms with Crippen LogP contribution in [-0.2, 0) is 33.6 Å². The van der Waals surface area contributed by atoms with Gasteiger partial charge in [0.25, 0.3) is 11.8 Å². The highest BCUT2D eigenvalue weighted by Gasteiger charge is 2.40. The molecule has 4 unspecified atom stereocenters. The maximum absolute atomic E-state index is 13.7. The fraction of sp³-hybridized carbons (Fsp3) is 0.791. The molecule has 4 atom stereocenters. The van der Waals surface area contributed by atoms with Gasteiger partial charge >= 0.3 is 17.9 Å². The summed E-state index contributed by atoms with van der Waals surface area (Å²) in [4.78, 5) is 98.5. The monoisotopic (exact) mass is 844 g/mol. The van der Waals surface area contributed by atoms with Gasteiger partial charge in [0.05, 0.1) is 12.6 Å². The molecule has 336 valence electrons. The van der Waals surface area contributed by atoms with Crippen LogP contribution < -0.4 is 10.6 Å². The van der Waals surface area contributed by atoms with Crippen LogP contribution in [0.5, 0.6) is 0 Å². The lowest BCUT2D eigenvalue weighted by Gasteiger charge is -2.43. The zero-order chi connectivity index (χ0) is 43.2. The van der Waals surface area contributed by atoms with E-state index in [0.29, 0.717) is 26.2 Å². The predicted octanol–water partition coefficient (Wildman–Crippen LogP) is 1.85. The number of amides is 4. The first-order valence-corrected chi connectivity index (χ1v) is 22.6. The number of carbonyl (C=O) groups is 7. The van der Waals surface area contributed by atoms with Gasteiger partial charge < -0.3 is 26.0 Å². The Kier molecular flexibility index (Phi) is 18.3. The van der Waals surface area contributed by atoms with E-state index in [-0.39, 0.29) is 63.6 Å². The van der Waals surface area contributed by atoms with Gasteiger partial charge in [-0.25, -0.2) is 0 Å². The molecule has 0 aromatic carbocycles. The number of imide groups is 1. The van der Waals surface area contributed by atoms with Gasteiger partial charge in [-0.3, -0.25) is 58.1 Å². The van der Waals surface area contributed by atoms with Gasteiger partial charge in [-0.2, -0.15) is 0 Å². The van der Waals surface area contributed by atoms with Crippen molar-refractivity contribution in [1.29, 1.82) is 0 Å². The highest BCUT2D eigenvalue weighted by molar-refractivity contribution is 6.12. The molecular weight excluding hydrogens is 775 g/mol. The van der Waals surface area contributed by atoms with Gasteiger partial charge in [-0.05, 0) is 63.2 Å². The van der Waals surface area contributed by atoms with Crippen molar-refractivity contribution in [3.63, 3.8) is 0 Å². The van der Waals surface area contributed by atoms with Crippen LogP contribution >= 0.6 is 0 Å². The van der Waals surface area contributed by atoms with Crippen molar-refractivity contribution in [2.75, 3.05) is 72.0 Å². The lowest BCUT2D eigenvalue weighted by molar-refractivity contribution is -0.150. The number of rotatable bonds is 16. The van der Waals surface area contributed by atoms with Crippen molar-refractivity contribution in [3.8, 4) is 0 Å². The third kappa shape index (κ3) is 13.0. The highest BCUT2D eigenvalue weighted by Crippen LogP contribution is 2.33. The standard InChI is InChI=1S/C43H69N7O10/c1-30(40(54)45-29-34(51)44-19-20-50-35(52)17-18-36(50)53)46-21-23-47(37(41(55)56)31-11-5-2-6-12-31)25-27-49(39(43(59)60)33-15-9-4-10-16-33)28-26-48(24-22-46)38(42(57)58)32-13-7-3-8-14-32/h17-18,30-33,37-39H,2-16,19-29H2,1H3,(H,44,51)(H,45,54)(H,55,56)(H,57,58)(H,59,60). The Labute approximate surface area is 354 Å². The van der Waals surface area contributed by atoms with Gasteiger partial charge in [0, 0.05) is 77.6 Å².